The Morgan fingerprint density at radius 1 is 0.236 bits per heavy atom. The summed E-state index contributed by atoms with van der Waals surface area (Å²) >= 11 is 0. The second kappa shape index (κ2) is 35.6. The van der Waals surface area contributed by atoms with Crippen LogP contribution in [-0.2, 0) is 58.8 Å². The van der Waals surface area contributed by atoms with Gasteiger partial charge in [-0.2, -0.15) is 0 Å². The maximum Gasteiger partial charge on any atom is 0.0488 e. The van der Waals surface area contributed by atoms with Crippen molar-refractivity contribution in [3.63, 3.8) is 0 Å². The van der Waals surface area contributed by atoms with Gasteiger partial charge in [-0.05, 0) is 184 Å². The second-order valence-corrected chi connectivity index (χ2v) is 29.4. The van der Waals surface area contributed by atoms with E-state index in [9.17, 15) is 0 Å². The number of anilines is 8. The predicted molar refractivity (Wildman–Crippen MR) is 472 cm³/mol. The molecule has 8 heteroatoms. The van der Waals surface area contributed by atoms with Crippen molar-refractivity contribution in [3.8, 4) is 0 Å². The Labute approximate surface area is 653 Å². The predicted octanol–water partition coefficient (Wildman–Crippen LogP) is 23.3. The smallest absolute Gasteiger partial charge is 0.0488 e. The molecular formula is C102H102N8. The van der Waals surface area contributed by atoms with Crippen molar-refractivity contribution in [2.24, 2.45) is 7.05 Å². The monoisotopic (exact) mass is 1440 g/mol. The fourth-order valence-corrected chi connectivity index (χ4v) is 16.0. The molecule has 7 aliphatic rings. The minimum Gasteiger partial charge on any atom is -0.376 e. The van der Waals surface area contributed by atoms with Gasteiger partial charge in [0.15, 0.2) is 0 Å². The van der Waals surface area contributed by atoms with Gasteiger partial charge in [0.1, 0.15) is 0 Å². The highest BCUT2D eigenvalue weighted by Crippen LogP contribution is 2.39. The molecule has 14 aromatic rings. The molecule has 8 heterocycles. The Bertz CT molecular complexity index is 5350. The number of nitrogens with zero attached hydrogens (tertiary/aromatic N) is 8. The van der Waals surface area contributed by atoms with Crippen LogP contribution in [0.25, 0.3) is 46.1 Å². The SMILES string of the molecule is CN1C=Cc2ccccc2C1.CN1CC=Cc2ccccc21.CN1CCc2ccccc2C1.CN1Cc2ccccc2Cc2ccccc21.CN1c2ccccc2C=Cc2ccccc21.CN1c2ccccc2CCc2ccccc21.CN1c2ccccc2Cc2ccccc21.Cn1c2ccccc2c2ccccc21. The van der Waals surface area contributed by atoms with Crippen molar-refractivity contribution in [2.45, 2.75) is 51.7 Å². The van der Waals surface area contributed by atoms with E-state index in [1.54, 1.807) is 0 Å². The Balaban J connectivity index is 0.000000105. The van der Waals surface area contributed by atoms with Crippen molar-refractivity contribution in [1.29, 1.82) is 0 Å². The van der Waals surface area contributed by atoms with Gasteiger partial charge in [-0.15, -0.1) is 0 Å². The molecule has 0 atom stereocenters. The van der Waals surface area contributed by atoms with E-state index in [2.05, 4.69) is 447 Å². The highest BCUT2D eigenvalue weighted by molar-refractivity contribution is 6.08. The van der Waals surface area contributed by atoms with Gasteiger partial charge in [0.25, 0.3) is 0 Å². The molecule has 550 valence electrons. The molecule has 7 aliphatic heterocycles. The zero-order valence-corrected chi connectivity index (χ0v) is 65.1. The van der Waals surface area contributed by atoms with Crippen LogP contribution in [0.2, 0.25) is 0 Å². The van der Waals surface area contributed by atoms with Crippen LogP contribution in [0.15, 0.2) is 328 Å². The molecule has 13 aromatic carbocycles. The first kappa shape index (κ1) is 74.5. The molecule has 0 saturated carbocycles. The van der Waals surface area contributed by atoms with Crippen molar-refractivity contribution in [3.05, 3.63) is 406 Å². The molecule has 8 nitrogen and oxygen atoms in total. The summed E-state index contributed by atoms with van der Waals surface area (Å²) in [6, 6.07) is 112. The summed E-state index contributed by atoms with van der Waals surface area (Å²) in [5.74, 6) is 0. The Kier molecular flexibility index (Phi) is 24.1. The summed E-state index contributed by atoms with van der Waals surface area (Å²) < 4.78 is 2.24. The molecule has 21 rings (SSSR count). The van der Waals surface area contributed by atoms with Crippen LogP contribution in [-0.4, -0.2) is 76.8 Å². The van der Waals surface area contributed by atoms with E-state index in [1.807, 2.05) is 0 Å². The Morgan fingerprint density at radius 2 is 0.591 bits per heavy atom. The lowest BCUT2D eigenvalue weighted by molar-refractivity contribution is 0.313. The van der Waals surface area contributed by atoms with Crippen molar-refractivity contribution < 1.29 is 0 Å². The van der Waals surface area contributed by atoms with Crippen LogP contribution < -0.4 is 24.5 Å². The molecule has 0 aliphatic carbocycles. The van der Waals surface area contributed by atoms with E-state index < -0.39 is 0 Å². The molecule has 0 amide bonds. The minimum absolute atomic E-state index is 1.01. The maximum atomic E-state index is 2.36. The second-order valence-electron chi connectivity index (χ2n) is 29.4. The van der Waals surface area contributed by atoms with Crippen LogP contribution in [0.1, 0.15) is 77.9 Å². The molecule has 0 unspecified atom stereocenters. The summed E-state index contributed by atoms with van der Waals surface area (Å²) in [5.41, 5.74) is 32.8. The van der Waals surface area contributed by atoms with E-state index in [0.29, 0.717) is 0 Å². The third-order valence-electron chi connectivity index (χ3n) is 22.0. The Morgan fingerprint density at radius 3 is 1.11 bits per heavy atom. The van der Waals surface area contributed by atoms with Crippen LogP contribution in [0.3, 0.4) is 0 Å². The summed E-state index contributed by atoms with van der Waals surface area (Å²) in [4.78, 5) is 15.9. The largest absolute Gasteiger partial charge is 0.376 e. The lowest BCUT2D eigenvalue weighted by atomic mass is 9.96. The van der Waals surface area contributed by atoms with Gasteiger partial charge in [-0.1, -0.05) is 279 Å². The van der Waals surface area contributed by atoms with Gasteiger partial charge in [0, 0.05) is 156 Å². The van der Waals surface area contributed by atoms with Crippen LogP contribution >= 0.6 is 0 Å². The number of aryl methyl sites for hydroxylation is 3. The average molecular weight is 1440 g/mol. The number of likely N-dealkylation sites (N-methyl/N-ethyl adjacent to an activating group) is 2. The molecule has 0 radical (unpaired) electrons. The van der Waals surface area contributed by atoms with Gasteiger partial charge in [-0.25, -0.2) is 0 Å². The quantitative estimate of drug-likeness (QED) is 0.149. The first-order valence-corrected chi connectivity index (χ1v) is 38.8. The number of para-hydroxylation sites is 10. The maximum absolute atomic E-state index is 2.36. The van der Waals surface area contributed by atoms with Gasteiger partial charge < -0.3 is 38.9 Å². The van der Waals surface area contributed by atoms with E-state index >= 15 is 0 Å². The molecule has 0 fully saturated rings. The van der Waals surface area contributed by atoms with E-state index in [0.717, 1.165) is 51.9 Å². The van der Waals surface area contributed by atoms with E-state index in [-0.39, 0.29) is 0 Å². The molecule has 1 aromatic heterocycles. The van der Waals surface area contributed by atoms with Gasteiger partial charge >= 0.3 is 0 Å². The fraction of sp³-hybridized carbons (Fsp3) is 0.176. The number of aromatic nitrogens is 1. The molecular weight excluding hydrogens is 1340 g/mol. The highest BCUT2D eigenvalue weighted by Gasteiger charge is 2.21. The summed E-state index contributed by atoms with van der Waals surface area (Å²) in [5, 5.41) is 2.68. The number of benzene rings is 13. The minimum atomic E-state index is 1.01. The summed E-state index contributed by atoms with van der Waals surface area (Å²) in [6.07, 6.45) is 18.6. The number of hydrogen-bond acceptors (Lipinski definition) is 7. The number of hydrogen-bond donors (Lipinski definition) is 0. The van der Waals surface area contributed by atoms with Crippen LogP contribution in [0, 0.1) is 0 Å². The third kappa shape index (κ3) is 17.6. The topological polar surface area (TPSA) is 27.6 Å². The highest BCUT2D eigenvalue weighted by atomic mass is 15.1. The van der Waals surface area contributed by atoms with Crippen LogP contribution in [0.5, 0.6) is 0 Å². The van der Waals surface area contributed by atoms with Crippen molar-refractivity contribution in [1.82, 2.24) is 14.4 Å². The number of rotatable bonds is 0. The van der Waals surface area contributed by atoms with Gasteiger partial charge in [0.2, 0.25) is 0 Å². The molecule has 0 spiro atoms. The normalized spacial score (nSPS) is 13.9. The van der Waals surface area contributed by atoms with E-state index in [1.165, 1.54) is 158 Å². The summed E-state index contributed by atoms with van der Waals surface area (Å²) in [6.45, 7) is 5.39. The first-order chi connectivity index (χ1) is 53.9. The lowest BCUT2D eigenvalue weighted by Crippen LogP contribution is -2.26. The van der Waals surface area contributed by atoms with Gasteiger partial charge in [0.05, 0.1) is 0 Å². The molecule has 0 bridgehead atoms. The average Bonchev–Trinajstić information content (AvgIpc) is 1.57. The molecule has 110 heavy (non-hydrogen) atoms. The number of fused-ring (bicyclic) bond motifs is 14. The fourth-order valence-electron chi connectivity index (χ4n) is 16.0. The zero-order chi connectivity index (χ0) is 75.7. The first-order valence-electron chi connectivity index (χ1n) is 38.8. The van der Waals surface area contributed by atoms with Crippen LogP contribution in [0.4, 0.5) is 45.5 Å². The Hall–Kier alpha value is -12.4. The standard InChI is InChI=1S/C15H15N.C15H13N.C15H15N.C14H13N.C13H11N.C10H11N.C10H13N.C10H11N/c2*1-16-14-8-4-2-6-12(14)10-11-13-7-3-5-9-15(13)16;1-16-11-14-8-3-2-6-12(14)10-13-7-4-5-9-15(13)16;1-15-13-8-4-2-6-11(13)10-12-7-3-5-9-14(12)15;1-14-12-8-4-2-6-10(12)11-7-3-5-9-13(11)14;1-11-8-4-6-9-5-2-3-7-10(9)11;2*1-11-7-6-9-4-2-3-5-10(9)8-11/h2-9H,10-11H2,1H3;2-11H,1H3;2-9H,10-11H2,1H3;2-9H,10H2,1H3;2-9H,1H3;2-7H,8H2,1H3;2-5H,6-8H2,1H3;2-7H,8H2,1H3. The van der Waals surface area contributed by atoms with Crippen molar-refractivity contribution >= 4 is 91.6 Å². The van der Waals surface area contributed by atoms with Crippen molar-refractivity contribution in [2.75, 3.05) is 86.9 Å². The zero-order valence-electron chi connectivity index (χ0n) is 65.1. The van der Waals surface area contributed by atoms with Gasteiger partial charge in [-0.3, -0.25) is 0 Å². The molecule has 0 N–H and O–H groups in total. The van der Waals surface area contributed by atoms with E-state index in [4.69, 9.17) is 0 Å². The molecule has 0 saturated heterocycles. The lowest BCUT2D eigenvalue weighted by Gasteiger charge is -2.29. The third-order valence-corrected chi connectivity index (χ3v) is 22.0. The summed E-state index contributed by atoms with van der Waals surface area (Å²) in [7, 11) is 17.1.